The summed E-state index contributed by atoms with van der Waals surface area (Å²) < 4.78 is 0. The van der Waals surface area contributed by atoms with Crippen LogP contribution in [0.25, 0.3) is 10.2 Å². The molecular weight excluding hydrogens is 284 g/mol. The third-order valence-electron chi connectivity index (χ3n) is 3.28. The number of thiophene rings is 1. The van der Waals surface area contributed by atoms with Gasteiger partial charge in [0, 0.05) is 30.6 Å². The quantitative estimate of drug-likeness (QED) is 0.823. The Bertz CT molecular complexity index is 597. The van der Waals surface area contributed by atoms with Gasteiger partial charge in [0.1, 0.15) is 10.6 Å². The van der Waals surface area contributed by atoms with E-state index in [0.717, 1.165) is 35.5 Å². The van der Waals surface area contributed by atoms with E-state index in [-0.39, 0.29) is 6.61 Å². The minimum absolute atomic E-state index is 0.195. The smallest absolute Gasteiger partial charge is 0.226 e. The van der Waals surface area contributed by atoms with Crippen LogP contribution in [0, 0.1) is 6.92 Å². The molecule has 0 aliphatic rings. The molecule has 0 aliphatic heterocycles. The fourth-order valence-corrected chi connectivity index (χ4v) is 3.21. The van der Waals surface area contributed by atoms with Gasteiger partial charge < -0.3 is 15.3 Å². The van der Waals surface area contributed by atoms with E-state index < -0.39 is 0 Å². The molecule has 0 saturated heterocycles. The number of rotatable bonds is 7. The highest BCUT2D eigenvalue weighted by Crippen LogP contribution is 2.32. The topological polar surface area (TPSA) is 61.3 Å². The molecule has 116 valence electrons. The zero-order chi connectivity index (χ0) is 15.4. The number of aliphatic hydroxyl groups excluding tert-OH is 1. The minimum atomic E-state index is 0.195. The first-order valence-electron chi connectivity index (χ1n) is 7.46. The number of nitrogens with one attached hydrogen (secondary N) is 1. The SMILES string of the molecule is CCNc1nc(N(CCCO)C(C)C)c2cc(C)sc2n1. The number of aromatic nitrogens is 2. The van der Waals surface area contributed by atoms with Crippen LogP contribution in [-0.4, -0.2) is 40.8 Å². The van der Waals surface area contributed by atoms with Crippen molar-refractivity contribution < 1.29 is 5.11 Å². The van der Waals surface area contributed by atoms with Gasteiger partial charge in [0.25, 0.3) is 0 Å². The van der Waals surface area contributed by atoms with Gasteiger partial charge in [0.05, 0.1) is 5.39 Å². The van der Waals surface area contributed by atoms with Gasteiger partial charge in [-0.05, 0) is 40.2 Å². The van der Waals surface area contributed by atoms with Crippen LogP contribution in [0.3, 0.4) is 0 Å². The van der Waals surface area contributed by atoms with Crippen molar-refractivity contribution in [1.29, 1.82) is 0 Å². The highest BCUT2D eigenvalue weighted by Gasteiger charge is 2.18. The molecule has 0 saturated carbocycles. The van der Waals surface area contributed by atoms with E-state index in [0.29, 0.717) is 12.0 Å². The van der Waals surface area contributed by atoms with E-state index in [1.54, 1.807) is 11.3 Å². The first kappa shape index (κ1) is 16.0. The molecule has 2 aromatic heterocycles. The van der Waals surface area contributed by atoms with Crippen molar-refractivity contribution in [3.63, 3.8) is 0 Å². The number of hydrogen-bond donors (Lipinski definition) is 2. The molecular formula is C15H24N4OS. The van der Waals surface area contributed by atoms with Gasteiger partial charge in [0.2, 0.25) is 5.95 Å². The summed E-state index contributed by atoms with van der Waals surface area (Å²) in [5.74, 6) is 1.64. The first-order valence-corrected chi connectivity index (χ1v) is 8.28. The highest BCUT2D eigenvalue weighted by molar-refractivity contribution is 7.18. The maximum Gasteiger partial charge on any atom is 0.226 e. The zero-order valence-electron chi connectivity index (χ0n) is 13.2. The molecule has 21 heavy (non-hydrogen) atoms. The van der Waals surface area contributed by atoms with Gasteiger partial charge in [-0.3, -0.25) is 0 Å². The summed E-state index contributed by atoms with van der Waals surface area (Å²) in [6, 6.07) is 2.48. The van der Waals surface area contributed by atoms with Gasteiger partial charge in [0.15, 0.2) is 0 Å². The second kappa shape index (κ2) is 7.04. The Balaban J connectivity index is 2.51. The summed E-state index contributed by atoms with van der Waals surface area (Å²) >= 11 is 1.69. The second-order valence-corrected chi connectivity index (χ2v) is 6.58. The van der Waals surface area contributed by atoms with Gasteiger partial charge in [-0.2, -0.15) is 4.98 Å². The van der Waals surface area contributed by atoms with Crippen molar-refractivity contribution in [2.75, 3.05) is 29.9 Å². The monoisotopic (exact) mass is 308 g/mol. The van der Waals surface area contributed by atoms with Crippen LogP contribution in [0.1, 0.15) is 32.1 Å². The van der Waals surface area contributed by atoms with E-state index in [1.165, 1.54) is 4.88 Å². The molecule has 2 rings (SSSR count). The third kappa shape index (κ3) is 3.63. The number of fused-ring (bicyclic) bond motifs is 1. The molecule has 6 heteroatoms. The lowest BCUT2D eigenvalue weighted by atomic mass is 10.2. The predicted molar refractivity (Wildman–Crippen MR) is 90.5 cm³/mol. The molecule has 0 aromatic carbocycles. The summed E-state index contributed by atoms with van der Waals surface area (Å²) in [6.45, 7) is 10.2. The van der Waals surface area contributed by atoms with Crippen molar-refractivity contribution in [3.05, 3.63) is 10.9 Å². The molecule has 0 amide bonds. The molecule has 2 heterocycles. The van der Waals surface area contributed by atoms with Crippen LogP contribution in [0.5, 0.6) is 0 Å². The first-order chi connectivity index (χ1) is 10.1. The van der Waals surface area contributed by atoms with Gasteiger partial charge in [-0.15, -0.1) is 11.3 Å². The fraction of sp³-hybridized carbons (Fsp3) is 0.600. The lowest BCUT2D eigenvalue weighted by Crippen LogP contribution is -2.33. The molecule has 0 radical (unpaired) electrons. The zero-order valence-corrected chi connectivity index (χ0v) is 14.0. The molecule has 2 N–H and O–H groups in total. The fourth-order valence-electron chi connectivity index (χ4n) is 2.33. The maximum atomic E-state index is 9.13. The summed E-state index contributed by atoms with van der Waals surface area (Å²) in [4.78, 5) is 13.8. The molecule has 0 bridgehead atoms. The Kier molecular flexibility index (Phi) is 5.36. The Labute approximate surface area is 130 Å². The number of aryl methyl sites for hydroxylation is 1. The molecule has 0 atom stereocenters. The Hall–Kier alpha value is -1.40. The number of aliphatic hydroxyl groups is 1. The van der Waals surface area contributed by atoms with Crippen molar-refractivity contribution in [2.45, 2.75) is 40.2 Å². The summed E-state index contributed by atoms with van der Waals surface area (Å²) in [7, 11) is 0. The lowest BCUT2D eigenvalue weighted by Gasteiger charge is -2.28. The summed E-state index contributed by atoms with van der Waals surface area (Å²) in [5.41, 5.74) is 0. The van der Waals surface area contributed by atoms with Gasteiger partial charge >= 0.3 is 0 Å². The maximum absolute atomic E-state index is 9.13. The summed E-state index contributed by atoms with van der Waals surface area (Å²) in [5, 5.41) is 13.4. The van der Waals surface area contributed by atoms with Crippen molar-refractivity contribution in [3.8, 4) is 0 Å². The third-order valence-corrected chi connectivity index (χ3v) is 4.23. The van der Waals surface area contributed by atoms with Crippen LogP contribution in [0.2, 0.25) is 0 Å². The minimum Gasteiger partial charge on any atom is -0.396 e. The van der Waals surface area contributed by atoms with E-state index in [9.17, 15) is 0 Å². The molecule has 0 fully saturated rings. The van der Waals surface area contributed by atoms with E-state index in [1.807, 2.05) is 6.92 Å². The number of nitrogens with zero attached hydrogens (tertiary/aromatic N) is 3. The standard InChI is InChI=1S/C15H24N4OS/c1-5-16-15-17-13(19(10(2)3)7-6-8-20)12-9-11(4)21-14(12)18-15/h9-10,20H,5-8H2,1-4H3,(H,16,17,18). The Morgan fingerprint density at radius 1 is 1.38 bits per heavy atom. The summed E-state index contributed by atoms with van der Waals surface area (Å²) in [6.07, 6.45) is 0.739. The van der Waals surface area contributed by atoms with Crippen LogP contribution in [-0.2, 0) is 0 Å². The molecule has 0 unspecified atom stereocenters. The highest BCUT2D eigenvalue weighted by atomic mass is 32.1. The van der Waals surface area contributed by atoms with Gasteiger partial charge in [-0.1, -0.05) is 0 Å². The van der Waals surface area contributed by atoms with E-state index >= 15 is 0 Å². The normalized spacial score (nSPS) is 11.3. The van der Waals surface area contributed by atoms with Crippen LogP contribution < -0.4 is 10.2 Å². The second-order valence-electron chi connectivity index (χ2n) is 5.34. The van der Waals surface area contributed by atoms with Crippen LogP contribution in [0.15, 0.2) is 6.07 Å². The van der Waals surface area contributed by atoms with E-state index in [2.05, 4.69) is 42.0 Å². The van der Waals surface area contributed by atoms with Crippen molar-refractivity contribution >= 4 is 33.3 Å². The Morgan fingerprint density at radius 3 is 2.76 bits per heavy atom. The molecule has 2 aromatic rings. The lowest BCUT2D eigenvalue weighted by molar-refractivity contribution is 0.288. The molecule has 0 aliphatic carbocycles. The molecule has 0 spiro atoms. The average Bonchev–Trinajstić information content (AvgIpc) is 2.79. The Morgan fingerprint density at radius 2 is 2.14 bits per heavy atom. The van der Waals surface area contributed by atoms with Gasteiger partial charge in [-0.25, -0.2) is 4.98 Å². The van der Waals surface area contributed by atoms with Crippen LogP contribution >= 0.6 is 11.3 Å². The van der Waals surface area contributed by atoms with E-state index in [4.69, 9.17) is 10.1 Å². The number of hydrogen-bond acceptors (Lipinski definition) is 6. The molecule has 5 nitrogen and oxygen atoms in total. The van der Waals surface area contributed by atoms with Crippen molar-refractivity contribution in [1.82, 2.24) is 9.97 Å². The van der Waals surface area contributed by atoms with Crippen LogP contribution in [0.4, 0.5) is 11.8 Å². The number of anilines is 2. The largest absolute Gasteiger partial charge is 0.396 e. The average molecular weight is 308 g/mol. The predicted octanol–water partition coefficient (Wildman–Crippen LogP) is 3.03. The van der Waals surface area contributed by atoms with Crippen molar-refractivity contribution in [2.24, 2.45) is 0 Å².